The standard InChI is InChI=1S/C20H19N3O5/c1-12(24)14-6-4-8-23(19(14)26)11-18(25)22-17(20(27)28)9-13-10-21-16-7-3-2-5-15(13)16/h2-8,10,17,21H,9,11H2,1H3,(H,22,25)(H,27,28). The third-order valence-electron chi connectivity index (χ3n) is 4.45. The lowest BCUT2D eigenvalue weighted by atomic mass is 10.0. The number of hydrogen-bond acceptors (Lipinski definition) is 4. The van der Waals surface area contributed by atoms with Crippen LogP contribution in [0.25, 0.3) is 10.9 Å². The van der Waals surface area contributed by atoms with Gasteiger partial charge in [0.25, 0.3) is 5.56 Å². The second-order valence-electron chi connectivity index (χ2n) is 6.43. The van der Waals surface area contributed by atoms with E-state index in [0.29, 0.717) is 0 Å². The molecule has 1 atom stereocenters. The van der Waals surface area contributed by atoms with Gasteiger partial charge in [-0.05, 0) is 30.7 Å². The highest BCUT2D eigenvalue weighted by Crippen LogP contribution is 2.19. The van der Waals surface area contributed by atoms with Crippen molar-refractivity contribution in [3.05, 3.63) is 70.3 Å². The molecule has 0 aliphatic rings. The minimum absolute atomic E-state index is 0.0242. The normalized spacial score (nSPS) is 11.9. The van der Waals surface area contributed by atoms with Crippen molar-refractivity contribution in [2.75, 3.05) is 0 Å². The summed E-state index contributed by atoms with van der Waals surface area (Å²) in [7, 11) is 0. The lowest BCUT2D eigenvalue weighted by Crippen LogP contribution is -2.44. The summed E-state index contributed by atoms with van der Waals surface area (Å²) >= 11 is 0. The van der Waals surface area contributed by atoms with Crippen molar-refractivity contribution in [3.63, 3.8) is 0 Å². The Labute approximate surface area is 159 Å². The van der Waals surface area contributed by atoms with Crippen LogP contribution in [0, 0.1) is 0 Å². The van der Waals surface area contributed by atoms with Crippen LogP contribution in [0.3, 0.4) is 0 Å². The number of nitrogens with one attached hydrogen (secondary N) is 2. The van der Waals surface area contributed by atoms with Crippen molar-refractivity contribution < 1.29 is 19.5 Å². The maximum atomic E-state index is 12.3. The van der Waals surface area contributed by atoms with Crippen molar-refractivity contribution in [2.24, 2.45) is 0 Å². The lowest BCUT2D eigenvalue weighted by Gasteiger charge is -2.15. The van der Waals surface area contributed by atoms with Crippen LogP contribution in [0.5, 0.6) is 0 Å². The van der Waals surface area contributed by atoms with Crippen molar-refractivity contribution in [1.29, 1.82) is 0 Å². The van der Waals surface area contributed by atoms with Crippen LogP contribution in [-0.2, 0) is 22.6 Å². The van der Waals surface area contributed by atoms with Crippen molar-refractivity contribution >= 4 is 28.6 Å². The first-order valence-corrected chi connectivity index (χ1v) is 8.64. The predicted octanol–water partition coefficient (Wildman–Crippen LogP) is 1.34. The van der Waals surface area contributed by atoms with Gasteiger partial charge >= 0.3 is 5.97 Å². The van der Waals surface area contributed by atoms with E-state index in [1.807, 2.05) is 24.3 Å². The second kappa shape index (κ2) is 7.91. The monoisotopic (exact) mass is 381 g/mol. The zero-order valence-corrected chi connectivity index (χ0v) is 15.1. The van der Waals surface area contributed by atoms with Gasteiger partial charge in [-0.25, -0.2) is 4.79 Å². The van der Waals surface area contributed by atoms with Crippen molar-refractivity contribution in [2.45, 2.75) is 25.9 Å². The van der Waals surface area contributed by atoms with Crippen LogP contribution < -0.4 is 10.9 Å². The first kappa shape index (κ1) is 19.1. The van der Waals surface area contributed by atoms with Crippen LogP contribution in [0.4, 0.5) is 0 Å². The van der Waals surface area contributed by atoms with Gasteiger partial charge in [0.05, 0.1) is 5.56 Å². The Bertz CT molecular complexity index is 1110. The molecule has 1 amide bonds. The molecule has 28 heavy (non-hydrogen) atoms. The molecule has 3 rings (SSSR count). The summed E-state index contributed by atoms with van der Waals surface area (Å²) in [6.45, 7) is 0.889. The number of aromatic nitrogens is 2. The molecule has 3 N–H and O–H groups in total. The van der Waals surface area contributed by atoms with E-state index in [1.54, 1.807) is 6.20 Å². The Hall–Kier alpha value is -3.68. The van der Waals surface area contributed by atoms with E-state index in [4.69, 9.17) is 0 Å². The third kappa shape index (κ3) is 4.01. The molecule has 0 saturated heterocycles. The summed E-state index contributed by atoms with van der Waals surface area (Å²) in [6, 6.07) is 9.19. The van der Waals surface area contributed by atoms with Crippen molar-refractivity contribution in [1.82, 2.24) is 14.9 Å². The average Bonchev–Trinajstić information content (AvgIpc) is 3.05. The predicted molar refractivity (Wildman–Crippen MR) is 102 cm³/mol. The van der Waals surface area contributed by atoms with E-state index in [1.165, 1.54) is 25.3 Å². The number of carbonyl (C=O) groups excluding carboxylic acids is 2. The largest absolute Gasteiger partial charge is 0.480 e. The topological polar surface area (TPSA) is 121 Å². The van der Waals surface area contributed by atoms with Crippen LogP contribution in [-0.4, -0.2) is 38.4 Å². The molecule has 0 saturated carbocycles. The molecule has 2 heterocycles. The fourth-order valence-electron chi connectivity index (χ4n) is 3.04. The smallest absolute Gasteiger partial charge is 0.326 e. The van der Waals surface area contributed by atoms with E-state index in [9.17, 15) is 24.3 Å². The van der Waals surface area contributed by atoms with Crippen LogP contribution >= 0.6 is 0 Å². The number of pyridine rings is 1. The molecule has 8 heteroatoms. The minimum atomic E-state index is -1.18. The minimum Gasteiger partial charge on any atom is -0.480 e. The lowest BCUT2D eigenvalue weighted by molar-refractivity contribution is -0.141. The van der Waals surface area contributed by atoms with Gasteiger partial charge in [0, 0.05) is 29.7 Å². The van der Waals surface area contributed by atoms with E-state index in [2.05, 4.69) is 10.3 Å². The first-order chi connectivity index (χ1) is 13.4. The number of para-hydroxylation sites is 1. The summed E-state index contributed by atoms with van der Waals surface area (Å²) in [5, 5.41) is 12.8. The van der Waals surface area contributed by atoms with Gasteiger partial charge in [0.15, 0.2) is 5.78 Å². The number of nitrogens with zero attached hydrogens (tertiary/aromatic N) is 1. The third-order valence-corrected chi connectivity index (χ3v) is 4.45. The molecule has 0 aliphatic heterocycles. The van der Waals surface area contributed by atoms with Gasteiger partial charge in [0.2, 0.25) is 5.91 Å². The summed E-state index contributed by atoms with van der Waals surface area (Å²) in [4.78, 5) is 50.7. The Morgan fingerprint density at radius 3 is 2.64 bits per heavy atom. The highest BCUT2D eigenvalue weighted by atomic mass is 16.4. The molecule has 8 nitrogen and oxygen atoms in total. The Morgan fingerprint density at radius 2 is 1.93 bits per heavy atom. The molecule has 1 aromatic carbocycles. The molecule has 0 spiro atoms. The van der Waals surface area contributed by atoms with Crippen LogP contribution in [0.15, 0.2) is 53.6 Å². The zero-order valence-electron chi connectivity index (χ0n) is 15.1. The van der Waals surface area contributed by atoms with Gasteiger partial charge in [-0.3, -0.25) is 14.4 Å². The molecule has 1 unspecified atom stereocenters. The van der Waals surface area contributed by atoms with Gasteiger partial charge in [-0.15, -0.1) is 0 Å². The van der Waals surface area contributed by atoms with Crippen LogP contribution in [0.2, 0.25) is 0 Å². The molecule has 0 fully saturated rings. The molecule has 0 bridgehead atoms. The van der Waals surface area contributed by atoms with Gasteiger partial charge in [-0.2, -0.15) is 0 Å². The molecule has 0 radical (unpaired) electrons. The quantitative estimate of drug-likeness (QED) is 0.533. The number of Topliss-reactive ketones (excluding diaryl/α,β-unsaturated/α-hetero) is 1. The summed E-state index contributed by atoms with van der Waals surface area (Å²) in [6.07, 6.45) is 3.19. The number of carboxylic acid groups (broad SMARTS) is 1. The zero-order chi connectivity index (χ0) is 20.3. The number of fused-ring (bicyclic) bond motifs is 1. The molecule has 0 aliphatic carbocycles. The number of aliphatic carboxylic acids is 1. The summed E-state index contributed by atoms with van der Waals surface area (Å²) < 4.78 is 1.08. The van der Waals surface area contributed by atoms with Crippen LogP contribution in [0.1, 0.15) is 22.8 Å². The second-order valence-corrected chi connectivity index (χ2v) is 6.43. The van der Waals surface area contributed by atoms with E-state index in [0.717, 1.165) is 21.0 Å². The number of carbonyl (C=O) groups is 3. The number of carboxylic acids is 1. The Balaban J connectivity index is 1.75. The molecule has 3 aromatic rings. The van der Waals surface area contributed by atoms with Gasteiger partial charge in [-0.1, -0.05) is 18.2 Å². The van der Waals surface area contributed by atoms with E-state index in [-0.39, 0.29) is 18.5 Å². The maximum absolute atomic E-state index is 12.3. The molecule has 2 aromatic heterocycles. The molecular weight excluding hydrogens is 362 g/mol. The fraction of sp³-hybridized carbons (Fsp3) is 0.200. The van der Waals surface area contributed by atoms with E-state index < -0.39 is 29.3 Å². The number of ketones is 1. The van der Waals surface area contributed by atoms with Gasteiger partial charge in [0.1, 0.15) is 12.6 Å². The molecule has 144 valence electrons. The number of aromatic amines is 1. The highest BCUT2D eigenvalue weighted by molar-refractivity contribution is 5.93. The Kier molecular flexibility index (Phi) is 5.39. The Morgan fingerprint density at radius 1 is 1.18 bits per heavy atom. The number of amides is 1. The highest BCUT2D eigenvalue weighted by Gasteiger charge is 2.22. The van der Waals surface area contributed by atoms with Gasteiger partial charge < -0.3 is 20.0 Å². The number of rotatable bonds is 7. The summed E-state index contributed by atoms with van der Waals surface area (Å²) in [5.41, 5.74) is 1.03. The number of benzene rings is 1. The summed E-state index contributed by atoms with van der Waals surface area (Å²) in [5.74, 6) is -2.21. The first-order valence-electron chi connectivity index (χ1n) is 8.64. The number of hydrogen-bond donors (Lipinski definition) is 3. The molecular formula is C20H19N3O5. The fourth-order valence-corrected chi connectivity index (χ4v) is 3.04. The number of H-pyrrole nitrogens is 1. The van der Waals surface area contributed by atoms with Crippen molar-refractivity contribution in [3.8, 4) is 0 Å². The van der Waals surface area contributed by atoms with E-state index >= 15 is 0 Å². The average molecular weight is 381 g/mol. The SMILES string of the molecule is CC(=O)c1cccn(CC(=O)NC(Cc2c[nH]c3ccccc23)C(=O)O)c1=O. The maximum Gasteiger partial charge on any atom is 0.326 e.